The number of fused-ring (bicyclic) bond motifs is 3. The lowest BCUT2D eigenvalue weighted by atomic mass is 9.76. The summed E-state index contributed by atoms with van der Waals surface area (Å²) in [7, 11) is 0. The number of amides is 1. The zero-order chi connectivity index (χ0) is 24.7. The second-order valence-corrected chi connectivity index (χ2v) is 9.02. The van der Waals surface area contributed by atoms with Crippen molar-refractivity contribution in [2.45, 2.75) is 44.4 Å². The second kappa shape index (κ2) is 8.86. The van der Waals surface area contributed by atoms with Crippen molar-refractivity contribution in [3.8, 4) is 11.4 Å². The van der Waals surface area contributed by atoms with E-state index in [0.717, 1.165) is 49.5 Å². The van der Waals surface area contributed by atoms with Crippen LogP contribution in [0, 0.1) is 18.7 Å². The lowest BCUT2D eigenvalue weighted by Gasteiger charge is -2.50. The van der Waals surface area contributed by atoms with Crippen molar-refractivity contribution in [1.29, 1.82) is 0 Å². The summed E-state index contributed by atoms with van der Waals surface area (Å²) < 4.78 is 51.9. The van der Waals surface area contributed by atoms with Gasteiger partial charge in [0.05, 0.1) is 29.6 Å². The van der Waals surface area contributed by atoms with Crippen LogP contribution in [0.2, 0.25) is 0 Å². The molecule has 6 rings (SSSR count). The first kappa shape index (κ1) is 23.1. The highest BCUT2D eigenvalue weighted by molar-refractivity contribution is 5.98. The Balaban J connectivity index is 1.40. The van der Waals surface area contributed by atoms with Crippen LogP contribution in [0.5, 0.6) is 0 Å². The number of piperidine rings is 2. The average Bonchev–Trinajstić information content (AvgIpc) is 2.84. The summed E-state index contributed by atoms with van der Waals surface area (Å²) in [6, 6.07) is 3.71. The van der Waals surface area contributed by atoms with Crippen molar-refractivity contribution < 1.29 is 22.4 Å². The number of carbonyl (C=O) groups is 1. The molecule has 3 aromatic heterocycles. The lowest BCUT2D eigenvalue weighted by Crippen LogP contribution is -2.60. The molecule has 2 bridgehead atoms. The van der Waals surface area contributed by atoms with Gasteiger partial charge < -0.3 is 10.2 Å². The number of hydrogen-bond acceptors (Lipinski definition) is 6. The van der Waals surface area contributed by atoms with Gasteiger partial charge in [0.2, 0.25) is 0 Å². The molecule has 182 valence electrons. The molecular weight excluding hydrogens is 464 g/mol. The van der Waals surface area contributed by atoms with E-state index in [1.807, 2.05) is 6.92 Å². The maximum atomic E-state index is 13.7. The number of nitrogens with one attached hydrogen (secondary N) is 1. The minimum absolute atomic E-state index is 0.161. The van der Waals surface area contributed by atoms with Gasteiger partial charge in [0, 0.05) is 25.0 Å². The van der Waals surface area contributed by atoms with Crippen molar-refractivity contribution >= 4 is 11.7 Å². The number of anilines is 1. The first-order valence-corrected chi connectivity index (χ1v) is 11.2. The molecule has 11 heteroatoms. The van der Waals surface area contributed by atoms with E-state index in [2.05, 4.69) is 25.3 Å². The number of alkyl halides is 3. The molecule has 3 atom stereocenters. The largest absolute Gasteiger partial charge is 0.417 e. The van der Waals surface area contributed by atoms with Crippen LogP contribution in [0.4, 0.5) is 23.4 Å². The molecule has 7 nitrogen and oxygen atoms in total. The molecule has 1 aliphatic carbocycles. The Kier molecular flexibility index (Phi) is 5.86. The van der Waals surface area contributed by atoms with Gasteiger partial charge >= 0.3 is 6.18 Å². The monoisotopic (exact) mass is 486 g/mol. The predicted octanol–water partition coefficient (Wildman–Crippen LogP) is 4.51. The quantitative estimate of drug-likeness (QED) is 0.547. The molecule has 3 aliphatic rings. The summed E-state index contributed by atoms with van der Waals surface area (Å²) in [5.41, 5.74) is 0.593. The van der Waals surface area contributed by atoms with E-state index in [-0.39, 0.29) is 35.4 Å². The maximum Gasteiger partial charge on any atom is 0.417 e. The van der Waals surface area contributed by atoms with Gasteiger partial charge in [-0.1, -0.05) is 0 Å². The molecule has 0 spiro atoms. The number of halogens is 4. The Labute approximate surface area is 198 Å². The van der Waals surface area contributed by atoms with Crippen molar-refractivity contribution in [3.63, 3.8) is 0 Å². The van der Waals surface area contributed by atoms with E-state index in [1.165, 1.54) is 6.07 Å². The molecule has 1 N–H and O–H groups in total. The summed E-state index contributed by atoms with van der Waals surface area (Å²) in [4.78, 5) is 31.8. The molecule has 0 aromatic carbocycles. The van der Waals surface area contributed by atoms with Crippen LogP contribution < -0.4 is 5.32 Å². The Morgan fingerprint density at radius 3 is 2.49 bits per heavy atom. The van der Waals surface area contributed by atoms with Crippen molar-refractivity contribution in [2.75, 3.05) is 11.9 Å². The van der Waals surface area contributed by atoms with Crippen LogP contribution in [-0.4, -0.2) is 49.4 Å². The Bertz CT molecular complexity index is 1230. The summed E-state index contributed by atoms with van der Waals surface area (Å²) in [5, 5.41) is 3.23. The number of hydrogen-bond donors (Lipinski definition) is 1. The minimum atomic E-state index is -4.45. The highest BCUT2D eigenvalue weighted by atomic mass is 19.4. The first-order valence-electron chi connectivity index (χ1n) is 11.2. The highest BCUT2D eigenvalue weighted by Crippen LogP contribution is 2.38. The molecule has 35 heavy (non-hydrogen) atoms. The van der Waals surface area contributed by atoms with Crippen molar-refractivity contribution in [3.05, 3.63) is 65.6 Å². The molecule has 1 saturated carbocycles. The maximum absolute atomic E-state index is 13.7. The van der Waals surface area contributed by atoms with Crippen LogP contribution in [0.25, 0.3) is 11.4 Å². The van der Waals surface area contributed by atoms with Gasteiger partial charge in [0.25, 0.3) is 5.91 Å². The molecule has 3 fully saturated rings. The topological polar surface area (TPSA) is 83.9 Å². The number of rotatable bonds is 4. The number of carbonyl (C=O) groups excluding carboxylic acids is 1. The Hall–Kier alpha value is -3.63. The van der Waals surface area contributed by atoms with Crippen molar-refractivity contribution in [2.24, 2.45) is 5.92 Å². The van der Waals surface area contributed by atoms with Crippen LogP contribution in [-0.2, 0) is 6.18 Å². The van der Waals surface area contributed by atoms with E-state index >= 15 is 0 Å². The summed E-state index contributed by atoms with van der Waals surface area (Å²) in [5.74, 6) is -0.0868. The molecule has 5 heterocycles. The average molecular weight is 486 g/mol. The van der Waals surface area contributed by atoms with Crippen LogP contribution >= 0.6 is 0 Å². The fraction of sp³-hybridized carbons (Fsp3) is 0.375. The molecule has 0 radical (unpaired) electrons. The number of aryl methyl sites for hydroxylation is 1. The minimum Gasteiger partial charge on any atom is -0.365 e. The molecule has 2 saturated heterocycles. The predicted molar refractivity (Wildman–Crippen MR) is 119 cm³/mol. The van der Waals surface area contributed by atoms with Crippen LogP contribution in [0.3, 0.4) is 0 Å². The molecule has 1 amide bonds. The van der Waals surface area contributed by atoms with Gasteiger partial charge in [0.15, 0.2) is 11.6 Å². The fourth-order valence-corrected chi connectivity index (χ4v) is 4.92. The SMILES string of the molecule is Cc1cnc(C(=O)N2C[C@H]3CC[C@H]2[C@H](Nc2ccc(C(F)(F)F)cn2)C3)c(-c2ncc(F)cn2)c1. The number of aromatic nitrogens is 4. The van der Waals surface area contributed by atoms with Crippen LogP contribution in [0.1, 0.15) is 40.9 Å². The highest BCUT2D eigenvalue weighted by Gasteiger charge is 2.44. The Morgan fingerprint density at radius 2 is 1.83 bits per heavy atom. The van der Waals surface area contributed by atoms with Gasteiger partial charge in [-0.25, -0.2) is 19.3 Å². The van der Waals surface area contributed by atoms with E-state index < -0.39 is 17.6 Å². The zero-order valence-electron chi connectivity index (χ0n) is 18.8. The number of nitrogens with zero attached hydrogens (tertiary/aromatic N) is 5. The summed E-state index contributed by atoms with van der Waals surface area (Å²) >= 11 is 0. The third-order valence-corrected chi connectivity index (χ3v) is 6.55. The molecule has 3 aromatic rings. The third kappa shape index (κ3) is 4.67. The van der Waals surface area contributed by atoms with Crippen molar-refractivity contribution in [1.82, 2.24) is 24.8 Å². The zero-order valence-corrected chi connectivity index (χ0v) is 18.8. The van der Waals surface area contributed by atoms with E-state index in [1.54, 1.807) is 17.2 Å². The first-order chi connectivity index (χ1) is 16.7. The van der Waals surface area contributed by atoms with Gasteiger partial charge in [-0.05, 0) is 55.9 Å². The second-order valence-electron chi connectivity index (χ2n) is 9.02. The summed E-state index contributed by atoms with van der Waals surface area (Å²) in [6.07, 6.45) is 2.52. The lowest BCUT2D eigenvalue weighted by molar-refractivity contribution is -0.137. The molecule has 2 aliphatic heterocycles. The Morgan fingerprint density at radius 1 is 1.06 bits per heavy atom. The van der Waals surface area contributed by atoms with Gasteiger partial charge in [0.1, 0.15) is 11.5 Å². The van der Waals surface area contributed by atoms with Gasteiger partial charge in [-0.2, -0.15) is 13.2 Å². The van der Waals surface area contributed by atoms with E-state index in [0.29, 0.717) is 17.9 Å². The third-order valence-electron chi connectivity index (χ3n) is 6.55. The standard InChI is InChI=1S/C24H22F4N6O/c1-13-6-17(22-31-10-16(25)11-32-22)21(30-8-13)23(35)34-12-14-2-4-19(34)18(7-14)33-20-5-3-15(9-29-20)24(26,27)28/h3,5-6,8-11,14,18-19H,2,4,7,12H2,1H3,(H,29,33)/t14-,18+,19-/m0/s1. The normalized spacial score (nSPS) is 21.7. The fourth-order valence-electron chi connectivity index (χ4n) is 4.92. The van der Waals surface area contributed by atoms with E-state index in [9.17, 15) is 22.4 Å². The summed E-state index contributed by atoms with van der Waals surface area (Å²) in [6.45, 7) is 2.38. The molecular formula is C24H22F4N6O. The van der Waals surface area contributed by atoms with Gasteiger partial charge in [-0.15, -0.1) is 0 Å². The molecule has 0 unspecified atom stereocenters. The smallest absolute Gasteiger partial charge is 0.365 e. The van der Waals surface area contributed by atoms with Crippen LogP contribution in [0.15, 0.2) is 43.0 Å². The van der Waals surface area contributed by atoms with E-state index in [4.69, 9.17) is 0 Å². The number of pyridine rings is 2. The van der Waals surface area contributed by atoms with Gasteiger partial charge in [-0.3, -0.25) is 9.78 Å².